The summed E-state index contributed by atoms with van der Waals surface area (Å²) in [6.45, 7) is 3.02. The Balaban J connectivity index is 1.49. The minimum atomic E-state index is -0.331. The van der Waals surface area contributed by atoms with Crippen molar-refractivity contribution in [3.05, 3.63) is 59.8 Å². The van der Waals surface area contributed by atoms with Gasteiger partial charge in [0, 0.05) is 30.5 Å². The van der Waals surface area contributed by atoms with Crippen LogP contribution in [0.25, 0.3) is 17.2 Å². The van der Waals surface area contributed by atoms with E-state index in [4.69, 9.17) is 0 Å². The van der Waals surface area contributed by atoms with Crippen LogP contribution in [0.3, 0.4) is 0 Å². The monoisotopic (exact) mass is 377 g/mol. The van der Waals surface area contributed by atoms with Gasteiger partial charge in [-0.15, -0.1) is 15.0 Å². The minimum absolute atomic E-state index is 0.331. The van der Waals surface area contributed by atoms with Crippen LogP contribution in [0.15, 0.2) is 54.0 Å². The number of halogens is 1. The first kappa shape index (κ1) is 16.9. The van der Waals surface area contributed by atoms with Crippen LogP contribution in [-0.2, 0) is 0 Å². The lowest BCUT2D eigenvalue weighted by molar-refractivity contribution is 0.526. The maximum Gasteiger partial charge on any atom is 0.223 e. The Labute approximate surface area is 161 Å². The lowest BCUT2D eigenvalue weighted by atomic mass is 10.0. The molecule has 8 heteroatoms. The van der Waals surface area contributed by atoms with Gasteiger partial charge in [-0.25, -0.2) is 4.39 Å². The zero-order valence-electron chi connectivity index (χ0n) is 15.5. The number of pyridine rings is 1. The van der Waals surface area contributed by atoms with Crippen molar-refractivity contribution in [1.29, 1.82) is 0 Å². The Morgan fingerprint density at radius 2 is 2.04 bits per heavy atom. The van der Waals surface area contributed by atoms with E-state index in [9.17, 15) is 4.39 Å². The van der Waals surface area contributed by atoms with Crippen molar-refractivity contribution in [2.24, 2.45) is 0 Å². The van der Waals surface area contributed by atoms with Crippen molar-refractivity contribution in [3.63, 3.8) is 0 Å². The van der Waals surface area contributed by atoms with Crippen molar-refractivity contribution >= 4 is 5.69 Å². The first-order chi connectivity index (χ1) is 13.7. The van der Waals surface area contributed by atoms with Gasteiger partial charge in [0.2, 0.25) is 5.82 Å². The summed E-state index contributed by atoms with van der Waals surface area (Å²) in [5, 5.41) is 16.1. The smallest absolute Gasteiger partial charge is 0.223 e. The lowest BCUT2D eigenvalue weighted by Crippen LogP contribution is -2.36. The van der Waals surface area contributed by atoms with Crippen molar-refractivity contribution in [3.8, 4) is 17.2 Å². The number of rotatable bonds is 3. The van der Waals surface area contributed by atoms with Crippen molar-refractivity contribution in [2.75, 3.05) is 11.4 Å². The molecule has 2 aliphatic heterocycles. The molecule has 1 N–H and O–H groups in total. The molecule has 1 aromatic carbocycles. The second-order valence-electron chi connectivity index (χ2n) is 7.22. The molecule has 0 bridgehead atoms. The zero-order chi connectivity index (χ0) is 19.1. The molecule has 0 amide bonds. The number of hydrogen-bond donors (Lipinski definition) is 1. The Morgan fingerprint density at radius 1 is 1.14 bits per heavy atom. The quantitative estimate of drug-likeness (QED) is 0.756. The Morgan fingerprint density at radius 3 is 2.89 bits per heavy atom. The molecule has 0 fully saturated rings. The third-order valence-electron chi connectivity index (χ3n) is 5.22. The van der Waals surface area contributed by atoms with Crippen LogP contribution in [0.4, 0.5) is 10.1 Å². The number of nitrogens with zero attached hydrogens (tertiary/aromatic N) is 6. The molecular weight excluding hydrogens is 357 g/mol. The van der Waals surface area contributed by atoms with Crippen LogP contribution in [0.2, 0.25) is 0 Å². The van der Waals surface area contributed by atoms with Crippen LogP contribution in [0, 0.1) is 5.82 Å². The van der Waals surface area contributed by atoms with Crippen molar-refractivity contribution < 1.29 is 4.39 Å². The van der Waals surface area contributed by atoms with E-state index in [2.05, 4.69) is 37.5 Å². The second kappa shape index (κ2) is 6.70. The van der Waals surface area contributed by atoms with E-state index in [1.165, 1.54) is 16.4 Å². The molecule has 0 radical (unpaired) electrons. The van der Waals surface area contributed by atoms with E-state index in [1.54, 1.807) is 12.3 Å². The summed E-state index contributed by atoms with van der Waals surface area (Å²) in [4.78, 5) is 7.72. The van der Waals surface area contributed by atoms with E-state index < -0.39 is 0 Å². The molecule has 3 aromatic rings. The van der Waals surface area contributed by atoms with Gasteiger partial charge in [0.05, 0.1) is 5.69 Å². The summed E-state index contributed by atoms with van der Waals surface area (Å²) in [5.41, 5.74) is 3.36. The predicted molar refractivity (Wildman–Crippen MR) is 103 cm³/mol. The highest BCUT2D eigenvalue weighted by molar-refractivity contribution is 5.59. The molecule has 1 atom stereocenters. The van der Waals surface area contributed by atoms with Gasteiger partial charge < -0.3 is 10.2 Å². The first-order valence-corrected chi connectivity index (χ1v) is 9.46. The summed E-state index contributed by atoms with van der Waals surface area (Å²) in [7, 11) is 0. The normalized spacial score (nSPS) is 18.9. The molecule has 0 spiro atoms. The summed E-state index contributed by atoms with van der Waals surface area (Å²) >= 11 is 0. The molecule has 0 saturated carbocycles. The highest BCUT2D eigenvalue weighted by atomic mass is 19.1. The van der Waals surface area contributed by atoms with Gasteiger partial charge in [-0.05, 0) is 61.2 Å². The third kappa shape index (κ3) is 3.00. The van der Waals surface area contributed by atoms with Crippen LogP contribution in [0.5, 0.6) is 0 Å². The minimum Gasteiger partial charge on any atom is -0.369 e. The molecule has 28 heavy (non-hydrogen) atoms. The molecule has 5 rings (SSSR count). The molecule has 2 aromatic heterocycles. The summed E-state index contributed by atoms with van der Waals surface area (Å²) in [5.74, 6) is 1.19. The fourth-order valence-corrected chi connectivity index (χ4v) is 3.80. The zero-order valence-corrected chi connectivity index (χ0v) is 15.5. The van der Waals surface area contributed by atoms with E-state index in [0.29, 0.717) is 23.2 Å². The SMILES string of the molecule is CC1CCC2=C(N1)N(c1cc(F)cc(-n3nnc(-c4ccccn4)n3)c1)CC2. The van der Waals surface area contributed by atoms with Crippen LogP contribution in [0.1, 0.15) is 26.2 Å². The van der Waals surface area contributed by atoms with Crippen molar-refractivity contribution in [2.45, 2.75) is 32.2 Å². The maximum absolute atomic E-state index is 14.4. The summed E-state index contributed by atoms with van der Waals surface area (Å²) < 4.78 is 14.4. The molecule has 4 heterocycles. The molecule has 2 aliphatic rings. The average molecular weight is 377 g/mol. The fourth-order valence-electron chi connectivity index (χ4n) is 3.80. The highest BCUT2D eigenvalue weighted by Gasteiger charge is 2.28. The molecule has 0 saturated heterocycles. The van der Waals surface area contributed by atoms with Gasteiger partial charge in [0.15, 0.2) is 0 Å². The Hall–Kier alpha value is -3.29. The van der Waals surface area contributed by atoms with E-state index >= 15 is 0 Å². The fraction of sp³-hybridized carbons (Fsp3) is 0.300. The standard InChI is InChI=1S/C20H20FN7/c1-13-5-6-14-7-9-27(20(14)23-13)16-10-15(21)11-17(12-16)28-25-19(24-26-28)18-4-2-3-8-22-18/h2-4,8,10-13,23H,5-7,9H2,1H3. The molecule has 0 aliphatic carbocycles. The number of aromatic nitrogens is 5. The van der Waals surface area contributed by atoms with Gasteiger partial charge in [-0.3, -0.25) is 4.98 Å². The topological polar surface area (TPSA) is 71.8 Å². The summed E-state index contributed by atoms with van der Waals surface area (Å²) in [6, 6.07) is 10.8. The number of hydrogen-bond acceptors (Lipinski definition) is 6. The van der Waals surface area contributed by atoms with Crippen LogP contribution in [-0.4, -0.2) is 37.8 Å². The number of nitrogens with one attached hydrogen (secondary N) is 1. The van der Waals surface area contributed by atoms with Gasteiger partial charge in [0.25, 0.3) is 0 Å². The van der Waals surface area contributed by atoms with Crippen LogP contribution < -0.4 is 10.2 Å². The Bertz CT molecular complexity index is 1040. The maximum atomic E-state index is 14.4. The molecular formula is C20H20FN7. The largest absolute Gasteiger partial charge is 0.369 e. The Kier molecular flexibility index (Phi) is 4.03. The average Bonchev–Trinajstić information content (AvgIpc) is 3.35. The van der Waals surface area contributed by atoms with E-state index in [-0.39, 0.29) is 5.82 Å². The summed E-state index contributed by atoms with van der Waals surface area (Å²) in [6.07, 6.45) is 4.92. The number of benzene rings is 1. The highest BCUT2D eigenvalue weighted by Crippen LogP contribution is 2.34. The molecule has 1 unspecified atom stereocenters. The van der Waals surface area contributed by atoms with Gasteiger partial charge in [0.1, 0.15) is 17.3 Å². The number of tetrazole rings is 1. The number of anilines is 1. The second-order valence-corrected chi connectivity index (χ2v) is 7.22. The lowest BCUT2D eigenvalue weighted by Gasteiger charge is -2.30. The van der Waals surface area contributed by atoms with Crippen molar-refractivity contribution in [1.82, 2.24) is 30.5 Å². The predicted octanol–water partition coefficient (Wildman–Crippen LogP) is 3.06. The third-order valence-corrected chi connectivity index (χ3v) is 5.22. The van der Waals surface area contributed by atoms with Gasteiger partial charge >= 0.3 is 0 Å². The first-order valence-electron chi connectivity index (χ1n) is 9.46. The molecule has 142 valence electrons. The van der Waals surface area contributed by atoms with Gasteiger partial charge in [-0.2, -0.15) is 0 Å². The molecule has 7 nitrogen and oxygen atoms in total. The van der Waals surface area contributed by atoms with E-state index in [0.717, 1.165) is 37.3 Å². The van der Waals surface area contributed by atoms with E-state index in [1.807, 2.05) is 24.3 Å². The van der Waals surface area contributed by atoms with Crippen LogP contribution >= 0.6 is 0 Å². The van der Waals surface area contributed by atoms with Gasteiger partial charge in [-0.1, -0.05) is 6.07 Å².